The molecule has 2 amide bonds. The van der Waals surface area contributed by atoms with E-state index in [1.54, 1.807) is 0 Å². The number of nitrogens with one attached hydrogen (secondary N) is 1. The van der Waals surface area contributed by atoms with Crippen molar-refractivity contribution >= 4 is 17.6 Å². The second-order valence-corrected chi connectivity index (χ2v) is 5.77. The molecule has 5 nitrogen and oxygen atoms in total. The van der Waals surface area contributed by atoms with Crippen molar-refractivity contribution in [3.8, 4) is 0 Å². The molecule has 1 unspecified atom stereocenters. The van der Waals surface area contributed by atoms with Crippen LogP contribution in [0, 0.1) is 17.7 Å². The normalized spacial score (nSPS) is 12.8. The van der Waals surface area contributed by atoms with E-state index < -0.39 is 47.6 Å². The average Bonchev–Trinajstić information content (AvgIpc) is 2.50. The molecule has 1 rings (SSSR count). The molecule has 24 heavy (non-hydrogen) atoms. The van der Waals surface area contributed by atoms with Crippen LogP contribution < -0.4 is 11.1 Å². The lowest BCUT2D eigenvalue weighted by molar-refractivity contribution is -0.162. The maximum absolute atomic E-state index is 14.1. The number of primary amides is 1. The number of hydrogen-bond acceptors (Lipinski definition) is 3. The van der Waals surface area contributed by atoms with Crippen molar-refractivity contribution in [2.24, 2.45) is 17.6 Å². The van der Waals surface area contributed by atoms with Crippen LogP contribution in [0.3, 0.4) is 0 Å². The lowest BCUT2D eigenvalue weighted by atomic mass is 9.85. The van der Waals surface area contributed by atoms with Gasteiger partial charge in [0.05, 0.1) is 0 Å². The number of benzene rings is 1. The maximum Gasteiger partial charge on any atom is 0.381 e. The number of hydrogen-bond donors (Lipinski definition) is 2. The van der Waals surface area contributed by atoms with E-state index in [4.69, 9.17) is 5.73 Å². The minimum Gasteiger partial charge on any atom is -0.370 e. The largest absolute Gasteiger partial charge is 0.381 e. The van der Waals surface area contributed by atoms with Gasteiger partial charge in [0.25, 0.3) is 5.91 Å². The van der Waals surface area contributed by atoms with Crippen LogP contribution in [0.4, 0.5) is 13.2 Å². The first-order valence-electron chi connectivity index (χ1n) is 7.28. The number of nitrogens with two attached hydrogens (primary N) is 1. The summed E-state index contributed by atoms with van der Waals surface area (Å²) in [4.78, 5) is 34.6. The smallest absolute Gasteiger partial charge is 0.370 e. The number of Topliss-reactive ketones (excluding diaryl/α,β-unsaturated/α-hetero) is 1. The Bertz CT molecular complexity index is 615. The maximum atomic E-state index is 14.1. The number of amides is 2. The Morgan fingerprint density at radius 1 is 1.17 bits per heavy atom. The van der Waals surface area contributed by atoms with Gasteiger partial charge in [0.15, 0.2) is 0 Å². The highest BCUT2D eigenvalue weighted by Crippen LogP contribution is 2.27. The molecule has 0 saturated carbocycles. The first-order chi connectivity index (χ1) is 11.1. The van der Waals surface area contributed by atoms with Crippen LogP contribution >= 0.6 is 0 Å². The lowest BCUT2D eigenvalue weighted by Crippen LogP contribution is -2.49. The molecule has 0 fully saturated rings. The number of ketones is 1. The summed E-state index contributed by atoms with van der Waals surface area (Å²) in [5.41, 5.74) is 5.36. The molecule has 1 aromatic rings. The topological polar surface area (TPSA) is 89.3 Å². The van der Waals surface area contributed by atoms with Crippen LogP contribution in [0.2, 0.25) is 0 Å². The number of alkyl halides is 2. The fourth-order valence-corrected chi connectivity index (χ4v) is 2.09. The molecule has 3 N–H and O–H groups in total. The summed E-state index contributed by atoms with van der Waals surface area (Å²) in [5, 5.41) is 1.94. The predicted octanol–water partition coefficient (Wildman–Crippen LogP) is 1.79. The minimum absolute atomic E-state index is 0.288. The highest BCUT2D eigenvalue weighted by molar-refractivity contribution is 6.09. The van der Waals surface area contributed by atoms with Crippen LogP contribution in [0.15, 0.2) is 24.3 Å². The molecular weight excluding hydrogens is 325 g/mol. The van der Waals surface area contributed by atoms with Gasteiger partial charge in [0.1, 0.15) is 5.82 Å². The first kappa shape index (κ1) is 19.7. The molecule has 0 saturated heterocycles. The van der Waals surface area contributed by atoms with Crippen molar-refractivity contribution in [2.75, 3.05) is 0 Å². The Morgan fingerprint density at radius 3 is 2.17 bits per heavy atom. The molecule has 1 aromatic carbocycles. The molecular formula is C16H19F3N2O3. The van der Waals surface area contributed by atoms with Gasteiger partial charge in [-0.2, -0.15) is 8.78 Å². The third-order valence-electron chi connectivity index (χ3n) is 3.52. The van der Waals surface area contributed by atoms with E-state index in [0.29, 0.717) is 5.56 Å². The van der Waals surface area contributed by atoms with Gasteiger partial charge < -0.3 is 11.1 Å². The van der Waals surface area contributed by atoms with Crippen LogP contribution in [0.5, 0.6) is 0 Å². The Balaban J connectivity index is 2.80. The molecule has 0 aromatic heterocycles. The lowest BCUT2D eigenvalue weighted by Gasteiger charge is -2.23. The number of halogens is 3. The fourth-order valence-electron chi connectivity index (χ4n) is 2.09. The van der Waals surface area contributed by atoms with Crippen LogP contribution in [-0.2, 0) is 20.9 Å². The molecule has 0 spiro atoms. The van der Waals surface area contributed by atoms with E-state index in [1.807, 2.05) is 5.32 Å². The van der Waals surface area contributed by atoms with Gasteiger partial charge in [0.2, 0.25) is 11.7 Å². The SMILES string of the molecule is CC(C)C(CC(N)=O)C(=O)C(F)(F)C(=O)NCc1ccc(F)cc1. The van der Waals surface area contributed by atoms with Crippen LogP contribution in [0.25, 0.3) is 0 Å². The molecule has 0 bridgehead atoms. The summed E-state index contributed by atoms with van der Waals surface area (Å²) in [6.07, 6.45) is -0.558. The van der Waals surface area contributed by atoms with Crippen LogP contribution in [-0.4, -0.2) is 23.5 Å². The summed E-state index contributed by atoms with van der Waals surface area (Å²) in [5.74, 6) is -11.0. The van der Waals surface area contributed by atoms with E-state index in [9.17, 15) is 27.6 Å². The zero-order valence-corrected chi connectivity index (χ0v) is 13.3. The summed E-state index contributed by atoms with van der Waals surface area (Å²) in [7, 11) is 0. The Labute approximate surface area is 137 Å². The predicted molar refractivity (Wildman–Crippen MR) is 80.3 cm³/mol. The van der Waals surface area contributed by atoms with E-state index in [2.05, 4.69) is 0 Å². The number of carbonyl (C=O) groups excluding carboxylic acids is 3. The van der Waals surface area contributed by atoms with Gasteiger partial charge in [-0.1, -0.05) is 26.0 Å². The molecule has 132 valence electrons. The van der Waals surface area contributed by atoms with Gasteiger partial charge in [-0.25, -0.2) is 4.39 Å². The number of rotatable bonds is 8. The molecule has 0 radical (unpaired) electrons. The van der Waals surface area contributed by atoms with E-state index in [-0.39, 0.29) is 6.54 Å². The summed E-state index contributed by atoms with van der Waals surface area (Å²) >= 11 is 0. The standard InChI is InChI=1S/C16H19F3N2O3/c1-9(2)12(7-13(20)22)14(23)16(18,19)15(24)21-8-10-3-5-11(17)6-4-10/h3-6,9,12H,7-8H2,1-2H3,(H2,20,22)(H,21,24). The van der Waals surface area contributed by atoms with Crippen molar-refractivity contribution in [1.82, 2.24) is 5.32 Å². The molecule has 0 aliphatic carbocycles. The molecule has 1 atom stereocenters. The molecule has 0 aliphatic heterocycles. The summed E-state index contributed by atoms with van der Waals surface area (Å²) in [6, 6.07) is 4.87. The Kier molecular flexibility index (Phi) is 6.51. The molecule has 8 heteroatoms. The zero-order chi connectivity index (χ0) is 18.5. The molecule has 0 heterocycles. The minimum atomic E-state index is -4.29. The Hall–Kier alpha value is -2.38. The highest BCUT2D eigenvalue weighted by Gasteiger charge is 2.50. The van der Waals surface area contributed by atoms with E-state index in [0.717, 1.165) is 12.1 Å². The second-order valence-electron chi connectivity index (χ2n) is 5.77. The van der Waals surface area contributed by atoms with Crippen molar-refractivity contribution in [2.45, 2.75) is 32.7 Å². The van der Waals surface area contributed by atoms with Crippen molar-refractivity contribution in [3.05, 3.63) is 35.6 Å². The van der Waals surface area contributed by atoms with Gasteiger partial charge in [-0.3, -0.25) is 14.4 Å². The van der Waals surface area contributed by atoms with Crippen molar-refractivity contribution in [1.29, 1.82) is 0 Å². The summed E-state index contributed by atoms with van der Waals surface area (Å²) < 4.78 is 40.9. The van der Waals surface area contributed by atoms with Crippen LogP contribution in [0.1, 0.15) is 25.8 Å². The van der Waals surface area contributed by atoms with E-state index >= 15 is 0 Å². The fraction of sp³-hybridized carbons (Fsp3) is 0.438. The van der Waals surface area contributed by atoms with Crippen molar-refractivity contribution < 1.29 is 27.6 Å². The average molecular weight is 344 g/mol. The van der Waals surface area contributed by atoms with Gasteiger partial charge in [0, 0.05) is 18.9 Å². The highest BCUT2D eigenvalue weighted by atomic mass is 19.3. The van der Waals surface area contributed by atoms with Gasteiger partial charge in [-0.05, 0) is 23.6 Å². The monoisotopic (exact) mass is 344 g/mol. The third kappa shape index (κ3) is 5.07. The Morgan fingerprint density at radius 2 is 1.71 bits per heavy atom. The zero-order valence-electron chi connectivity index (χ0n) is 13.3. The van der Waals surface area contributed by atoms with Gasteiger partial charge in [-0.15, -0.1) is 0 Å². The second kappa shape index (κ2) is 7.94. The number of carbonyl (C=O) groups is 3. The quantitative estimate of drug-likeness (QED) is 0.705. The van der Waals surface area contributed by atoms with E-state index in [1.165, 1.54) is 26.0 Å². The van der Waals surface area contributed by atoms with Gasteiger partial charge >= 0.3 is 5.92 Å². The van der Waals surface area contributed by atoms with Crippen molar-refractivity contribution in [3.63, 3.8) is 0 Å². The third-order valence-corrected chi connectivity index (χ3v) is 3.52. The summed E-state index contributed by atoms with van der Waals surface area (Å²) in [6.45, 7) is 2.68. The molecule has 0 aliphatic rings. The first-order valence-corrected chi connectivity index (χ1v) is 7.28.